The van der Waals surface area contributed by atoms with E-state index >= 15 is 0 Å². The van der Waals surface area contributed by atoms with Crippen molar-refractivity contribution in [3.63, 3.8) is 0 Å². The second-order valence-corrected chi connectivity index (χ2v) is 5.57. The van der Waals surface area contributed by atoms with E-state index in [2.05, 4.69) is 5.10 Å². The van der Waals surface area contributed by atoms with E-state index in [9.17, 15) is 4.79 Å². The average Bonchev–Trinajstić information content (AvgIpc) is 3.14. The number of carbonyl (C=O) groups is 1. The van der Waals surface area contributed by atoms with E-state index < -0.39 is 0 Å². The lowest BCUT2D eigenvalue weighted by Gasteiger charge is -2.25. The van der Waals surface area contributed by atoms with E-state index in [1.54, 1.807) is 17.0 Å². The van der Waals surface area contributed by atoms with Gasteiger partial charge in [0.05, 0.1) is 30.9 Å². The van der Waals surface area contributed by atoms with Gasteiger partial charge in [-0.3, -0.25) is 4.79 Å². The molecule has 114 valence electrons. The lowest BCUT2D eigenvalue weighted by Crippen LogP contribution is -2.37. The van der Waals surface area contributed by atoms with Gasteiger partial charge in [-0.15, -0.1) is 0 Å². The van der Waals surface area contributed by atoms with E-state index in [0.717, 1.165) is 16.8 Å². The molecule has 0 fully saturated rings. The SMILES string of the molecule is CC(C)N(Cc1ccco1)C(=O)Cc1cnn2ccccc12. The molecule has 0 aliphatic rings. The molecule has 0 N–H and O–H groups in total. The predicted molar refractivity (Wildman–Crippen MR) is 83.3 cm³/mol. The fraction of sp³-hybridized carbons (Fsp3) is 0.294. The van der Waals surface area contributed by atoms with Gasteiger partial charge in [0.1, 0.15) is 5.76 Å². The van der Waals surface area contributed by atoms with Crippen LogP contribution in [0, 0.1) is 0 Å². The smallest absolute Gasteiger partial charge is 0.227 e. The van der Waals surface area contributed by atoms with Crippen LogP contribution in [0.1, 0.15) is 25.2 Å². The third-order valence-electron chi connectivity index (χ3n) is 3.70. The monoisotopic (exact) mass is 297 g/mol. The first-order chi connectivity index (χ1) is 10.6. The average molecular weight is 297 g/mol. The highest BCUT2D eigenvalue weighted by Gasteiger charge is 2.20. The molecule has 0 atom stereocenters. The minimum Gasteiger partial charge on any atom is -0.467 e. The number of fused-ring (bicyclic) bond motifs is 1. The van der Waals surface area contributed by atoms with E-state index in [0.29, 0.717) is 13.0 Å². The molecule has 0 spiro atoms. The van der Waals surface area contributed by atoms with Gasteiger partial charge < -0.3 is 9.32 Å². The van der Waals surface area contributed by atoms with Gasteiger partial charge in [0.25, 0.3) is 0 Å². The summed E-state index contributed by atoms with van der Waals surface area (Å²) in [5.41, 5.74) is 1.91. The van der Waals surface area contributed by atoms with E-state index in [1.165, 1.54) is 0 Å². The maximum absolute atomic E-state index is 12.7. The Hall–Kier alpha value is -2.56. The van der Waals surface area contributed by atoms with E-state index in [-0.39, 0.29) is 11.9 Å². The second-order valence-electron chi connectivity index (χ2n) is 5.57. The Kier molecular flexibility index (Phi) is 3.96. The molecular weight excluding hydrogens is 278 g/mol. The maximum atomic E-state index is 12.7. The molecule has 0 bridgehead atoms. The Morgan fingerprint density at radius 1 is 1.32 bits per heavy atom. The first kappa shape index (κ1) is 14.4. The molecule has 0 aliphatic heterocycles. The van der Waals surface area contributed by atoms with Gasteiger partial charge in [-0.25, -0.2) is 4.52 Å². The number of hydrogen-bond donors (Lipinski definition) is 0. The Morgan fingerprint density at radius 2 is 2.18 bits per heavy atom. The molecule has 5 heteroatoms. The summed E-state index contributed by atoms with van der Waals surface area (Å²) < 4.78 is 7.15. The number of rotatable bonds is 5. The molecule has 3 aromatic rings. The lowest BCUT2D eigenvalue weighted by atomic mass is 10.1. The summed E-state index contributed by atoms with van der Waals surface area (Å²) in [6.07, 6.45) is 5.61. The van der Waals surface area contributed by atoms with Crippen LogP contribution in [0.4, 0.5) is 0 Å². The first-order valence-corrected chi connectivity index (χ1v) is 7.38. The van der Waals surface area contributed by atoms with Gasteiger partial charge >= 0.3 is 0 Å². The predicted octanol–water partition coefficient (Wildman–Crippen LogP) is 2.91. The zero-order chi connectivity index (χ0) is 15.5. The van der Waals surface area contributed by atoms with E-state index in [1.807, 2.05) is 55.3 Å². The number of carbonyl (C=O) groups excluding carboxylic acids is 1. The number of hydrogen-bond acceptors (Lipinski definition) is 3. The summed E-state index contributed by atoms with van der Waals surface area (Å²) in [4.78, 5) is 14.5. The molecule has 0 saturated carbocycles. The molecular formula is C17H19N3O2. The lowest BCUT2D eigenvalue weighted by molar-refractivity contribution is -0.133. The van der Waals surface area contributed by atoms with Crippen LogP contribution in [0.2, 0.25) is 0 Å². The van der Waals surface area contributed by atoms with Gasteiger partial charge in [-0.2, -0.15) is 5.10 Å². The number of furan rings is 1. The molecule has 3 rings (SSSR count). The number of amides is 1. The van der Waals surface area contributed by atoms with Crippen molar-refractivity contribution in [2.45, 2.75) is 32.9 Å². The van der Waals surface area contributed by atoms with Crippen LogP contribution in [0.15, 0.2) is 53.4 Å². The maximum Gasteiger partial charge on any atom is 0.227 e. The summed E-state index contributed by atoms with van der Waals surface area (Å²) in [6, 6.07) is 9.68. The molecule has 3 aromatic heterocycles. The van der Waals surface area contributed by atoms with Crippen LogP contribution < -0.4 is 0 Å². The summed E-state index contributed by atoms with van der Waals surface area (Å²) in [6.45, 7) is 4.51. The quantitative estimate of drug-likeness (QED) is 0.727. The largest absolute Gasteiger partial charge is 0.467 e. The van der Waals surface area contributed by atoms with Gasteiger partial charge in [0, 0.05) is 17.8 Å². The Balaban J connectivity index is 1.79. The fourth-order valence-corrected chi connectivity index (χ4v) is 2.52. The van der Waals surface area contributed by atoms with Crippen molar-refractivity contribution in [1.82, 2.24) is 14.5 Å². The van der Waals surface area contributed by atoms with Crippen LogP contribution in [0.5, 0.6) is 0 Å². The molecule has 1 amide bonds. The summed E-state index contributed by atoms with van der Waals surface area (Å²) >= 11 is 0. The Bertz CT molecular complexity index is 759. The van der Waals surface area contributed by atoms with Gasteiger partial charge in [-0.1, -0.05) is 6.07 Å². The Labute approximate surface area is 129 Å². The van der Waals surface area contributed by atoms with Crippen molar-refractivity contribution in [2.24, 2.45) is 0 Å². The molecule has 0 unspecified atom stereocenters. The van der Waals surface area contributed by atoms with Crippen LogP contribution >= 0.6 is 0 Å². The van der Waals surface area contributed by atoms with Crippen molar-refractivity contribution < 1.29 is 9.21 Å². The topological polar surface area (TPSA) is 50.8 Å². The van der Waals surface area contributed by atoms with E-state index in [4.69, 9.17) is 4.42 Å². The van der Waals surface area contributed by atoms with Crippen LogP contribution in [-0.2, 0) is 17.8 Å². The number of nitrogens with zero attached hydrogens (tertiary/aromatic N) is 3. The van der Waals surface area contributed by atoms with Crippen molar-refractivity contribution in [2.75, 3.05) is 0 Å². The molecule has 0 aromatic carbocycles. The molecule has 0 radical (unpaired) electrons. The van der Waals surface area contributed by atoms with Gasteiger partial charge in [0.15, 0.2) is 0 Å². The fourth-order valence-electron chi connectivity index (χ4n) is 2.52. The Morgan fingerprint density at radius 3 is 2.91 bits per heavy atom. The minimum absolute atomic E-state index is 0.0742. The second kappa shape index (κ2) is 6.05. The minimum atomic E-state index is 0.0742. The molecule has 3 heterocycles. The summed E-state index contributed by atoms with van der Waals surface area (Å²) in [7, 11) is 0. The van der Waals surface area contributed by atoms with Crippen molar-refractivity contribution in [3.8, 4) is 0 Å². The molecule has 5 nitrogen and oxygen atoms in total. The highest BCUT2D eigenvalue weighted by Crippen LogP contribution is 2.15. The highest BCUT2D eigenvalue weighted by atomic mass is 16.3. The first-order valence-electron chi connectivity index (χ1n) is 7.38. The van der Waals surface area contributed by atoms with Crippen LogP contribution in [-0.4, -0.2) is 26.5 Å². The standard InChI is InChI=1S/C17H19N3O2/c1-13(2)19(12-15-6-5-9-22-15)17(21)10-14-11-18-20-8-4-3-7-16(14)20/h3-9,11,13H,10,12H2,1-2H3. The normalized spacial score (nSPS) is 11.2. The van der Waals surface area contributed by atoms with Crippen LogP contribution in [0.25, 0.3) is 5.52 Å². The number of aromatic nitrogens is 2. The van der Waals surface area contributed by atoms with Crippen molar-refractivity contribution in [1.29, 1.82) is 0 Å². The van der Waals surface area contributed by atoms with Crippen LogP contribution in [0.3, 0.4) is 0 Å². The zero-order valence-electron chi connectivity index (χ0n) is 12.8. The zero-order valence-corrected chi connectivity index (χ0v) is 12.8. The van der Waals surface area contributed by atoms with Gasteiger partial charge in [-0.05, 0) is 38.1 Å². The third-order valence-corrected chi connectivity index (χ3v) is 3.70. The molecule has 0 saturated heterocycles. The summed E-state index contributed by atoms with van der Waals surface area (Å²) in [5.74, 6) is 0.868. The van der Waals surface area contributed by atoms with Crippen molar-refractivity contribution in [3.05, 3.63) is 60.3 Å². The summed E-state index contributed by atoms with van der Waals surface area (Å²) in [5, 5.41) is 4.28. The third kappa shape index (κ3) is 2.88. The number of pyridine rings is 1. The molecule has 0 aliphatic carbocycles. The highest BCUT2D eigenvalue weighted by molar-refractivity contribution is 5.81. The van der Waals surface area contributed by atoms with Crippen molar-refractivity contribution >= 4 is 11.4 Å². The van der Waals surface area contributed by atoms with Gasteiger partial charge in [0.2, 0.25) is 5.91 Å². The molecule has 22 heavy (non-hydrogen) atoms.